The van der Waals surface area contributed by atoms with Crippen molar-refractivity contribution in [3.05, 3.63) is 42.0 Å². The molecule has 0 spiro atoms. The molecule has 1 atom stereocenters. The van der Waals surface area contributed by atoms with Gasteiger partial charge in [-0.05, 0) is 24.8 Å². The summed E-state index contributed by atoms with van der Waals surface area (Å²) in [6.45, 7) is 2.30. The van der Waals surface area contributed by atoms with Gasteiger partial charge in [0.1, 0.15) is 0 Å². The monoisotopic (exact) mass is 468 g/mol. The van der Waals surface area contributed by atoms with Crippen LogP contribution in [-0.2, 0) is 0 Å². The fourth-order valence-corrected chi connectivity index (χ4v) is 4.21. The fourth-order valence-electron chi connectivity index (χ4n) is 3.41. The molecule has 0 radical (unpaired) electrons. The van der Waals surface area contributed by atoms with E-state index in [-0.39, 0.29) is 0 Å². The maximum atomic E-state index is 2.65. The lowest BCUT2D eigenvalue weighted by atomic mass is 10.0. The fraction of sp³-hybridized carbons (Fsp3) is 0.680. The molecule has 1 unspecified atom stereocenters. The van der Waals surface area contributed by atoms with Gasteiger partial charge in [0.25, 0.3) is 0 Å². The summed E-state index contributed by atoms with van der Waals surface area (Å²) in [5, 5.41) is 0. The van der Waals surface area contributed by atoms with Gasteiger partial charge in [-0.15, -0.1) is 0 Å². The van der Waals surface area contributed by atoms with Crippen LogP contribution in [0.4, 0.5) is 0 Å². The number of hydrogen-bond donors (Lipinski definition) is 0. The van der Waals surface area contributed by atoms with Crippen LogP contribution < -0.4 is 0 Å². The number of benzene rings is 1. The minimum absolute atomic E-state index is 0.844. The predicted molar refractivity (Wildman–Crippen MR) is 128 cm³/mol. The van der Waals surface area contributed by atoms with Crippen LogP contribution in [0.1, 0.15) is 109 Å². The topological polar surface area (TPSA) is 0 Å². The van der Waals surface area contributed by atoms with Crippen molar-refractivity contribution in [2.45, 2.75) is 107 Å². The second-order valence-corrected chi connectivity index (χ2v) is 9.43. The van der Waals surface area contributed by atoms with Gasteiger partial charge in [0.05, 0.1) is 0 Å². The van der Waals surface area contributed by atoms with E-state index in [0.29, 0.717) is 0 Å². The Balaban J connectivity index is 1.83. The second-order valence-electron chi connectivity index (χ2n) is 7.67. The normalized spacial score (nSPS) is 12.7. The molecule has 0 bridgehead atoms. The van der Waals surface area contributed by atoms with Gasteiger partial charge in [-0.1, -0.05) is 149 Å². The molecule has 26 heavy (non-hydrogen) atoms. The summed E-state index contributed by atoms with van der Waals surface area (Å²) in [4.78, 5) is 0. The number of allylic oxidation sites excluding steroid dienone is 1. The summed E-state index contributed by atoms with van der Waals surface area (Å²) in [5.74, 6) is 0. The third-order valence-corrected chi connectivity index (χ3v) is 6.37. The Morgan fingerprint density at radius 1 is 0.731 bits per heavy atom. The number of hydrogen-bond acceptors (Lipinski definition) is 0. The molecule has 0 fully saturated rings. The van der Waals surface area contributed by atoms with Crippen molar-refractivity contribution in [1.29, 1.82) is 0 Å². The van der Waals surface area contributed by atoms with Crippen LogP contribution in [0.5, 0.6) is 0 Å². The summed E-state index contributed by atoms with van der Waals surface area (Å²) >= 11 is 2.65. The lowest BCUT2D eigenvalue weighted by Crippen LogP contribution is -1.96. The molecule has 1 rings (SSSR count). The smallest absolute Gasteiger partial charge is 0.0113 e. The Morgan fingerprint density at radius 3 is 1.85 bits per heavy atom. The van der Waals surface area contributed by atoms with E-state index in [4.69, 9.17) is 0 Å². The molecule has 0 N–H and O–H groups in total. The van der Waals surface area contributed by atoms with Crippen molar-refractivity contribution in [1.82, 2.24) is 0 Å². The highest BCUT2D eigenvalue weighted by atomic mass is 127. The molecular formula is C25H41I. The van der Waals surface area contributed by atoms with E-state index in [1.165, 1.54) is 102 Å². The largest absolute Gasteiger partial charge is 0.0839 e. The molecule has 1 aromatic rings. The summed E-state index contributed by atoms with van der Waals surface area (Å²) in [5.41, 5.74) is 1.32. The Hall–Kier alpha value is -0.310. The SMILES string of the molecule is CCCCCCCCCCCCCCC(I)CC/C=C/c1ccccc1. The average molecular weight is 469 g/mol. The summed E-state index contributed by atoms with van der Waals surface area (Å²) in [7, 11) is 0. The lowest BCUT2D eigenvalue weighted by molar-refractivity contribution is 0.537. The van der Waals surface area contributed by atoms with E-state index in [1.54, 1.807) is 0 Å². The zero-order chi connectivity index (χ0) is 18.7. The summed E-state index contributed by atoms with van der Waals surface area (Å²) in [6, 6.07) is 10.6. The first kappa shape index (κ1) is 23.7. The number of alkyl halides is 1. The van der Waals surface area contributed by atoms with Gasteiger partial charge in [-0.25, -0.2) is 0 Å². The van der Waals surface area contributed by atoms with E-state index < -0.39 is 0 Å². The van der Waals surface area contributed by atoms with Crippen LogP contribution in [0, 0.1) is 0 Å². The lowest BCUT2D eigenvalue weighted by Gasteiger charge is -2.08. The molecule has 0 heterocycles. The van der Waals surface area contributed by atoms with Crippen LogP contribution in [0.25, 0.3) is 6.08 Å². The number of rotatable bonds is 17. The van der Waals surface area contributed by atoms with Crippen LogP contribution in [-0.4, -0.2) is 3.92 Å². The summed E-state index contributed by atoms with van der Waals surface area (Å²) < 4.78 is 0.844. The first-order valence-electron chi connectivity index (χ1n) is 11.2. The Kier molecular flexibility index (Phi) is 16.5. The van der Waals surface area contributed by atoms with Crippen molar-refractivity contribution >= 4 is 28.7 Å². The van der Waals surface area contributed by atoms with Crippen molar-refractivity contribution < 1.29 is 0 Å². The van der Waals surface area contributed by atoms with Crippen molar-refractivity contribution in [2.75, 3.05) is 0 Å². The van der Waals surface area contributed by atoms with E-state index in [0.717, 1.165) is 3.92 Å². The molecule has 0 aliphatic heterocycles. The van der Waals surface area contributed by atoms with E-state index >= 15 is 0 Å². The Bertz CT molecular complexity index is 423. The van der Waals surface area contributed by atoms with Gasteiger partial charge in [0.2, 0.25) is 0 Å². The number of halogens is 1. The van der Waals surface area contributed by atoms with Gasteiger partial charge < -0.3 is 0 Å². The summed E-state index contributed by atoms with van der Waals surface area (Å²) in [6.07, 6.45) is 25.9. The highest BCUT2D eigenvalue weighted by Gasteiger charge is 2.02. The third kappa shape index (κ3) is 14.8. The van der Waals surface area contributed by atoms with Crippen LogP contribution >= 0.6 is 22.6 Å². The van der Waals surface area contributed by atoms with Crippen LogP contribution in [0.3, 0.4) is 0 Å². The Morgan fingerprint density at radius 2 is 1.27 bits per heavy atom. The molecule has 148 valence electrons. The Labute approximate surface area is 177 Å². The first-order valence-corrected chi connectivity index (χ1v) is 12.4. The zero-order valence-corrected chi connectivity index (χ0v) is 19.3. The highest BCUT2D eigenvalue weighted by molar-refractivity contribution is 14.1. The molecule has 0 aliphatic carbocycles. The molecule has 0 saturated heterocycles. The molecule has 0 amide bonds. The minimum Gasteiger partial charge on any atom is -0.0839 e. The molecule has 0 saturated carbocycles. The molecule has 1 aromatic carbocycles. The van der Waals surface area contributed by atoms with E-state index in [1.807, 2.05) is 0 Å². The highest BCUT2D eigenvalue weighted by Crippen LogP contribution is 2.19. The van der Waals surface area contributed by atoms with Gasteiger partial charge in [0.15, 0.2) is 0 Å². The number of unbranched alkanes of at least 4 members (excludes halogenated alkanes) is 11. The molecule has 0 aromatic heterocycles. The van der Waals surface area contributed by atoms with Gasteiger partial charge >= 0.3 is 0 Å². The minimum atomic E-state index is 0.844. The van der Waals surface area contributed by atoms with Crippen molar-refractivity contribution in [3.63, 3.8) is 0 Å². The zero-order valence-electron chi connectivity index (χ0n) is 17.1. The van der Waals surface area contributed by atoms with Gasteiger partial charge in [-0.2, -0.15) is 0 Å². The third-order valence-electron chi connectivity index (χ3n) is 5.13. The van der Waals surface area contributed by atoms with Crippen molar-refractivity contribution in [3.8, 4) is 0 Å². The molecule has 1 heteroatoms. The average Bonchev–Trinajstić information content (AvgIpc) is 2.67. The molecule has 0 aliphatic rings. The van der Waals surface area contributed by atoms with E-state index in [2.05, 4.69) is 72.0 Å². The van der Waals surface area contributed by atoms with Crippen LogP contribution in [0.15, 0.2) is 36.4 Å². The standard InChI is InChI=1S/C25H41I/c1-2-3-4-5-6-7-8-9-10-11-12-16-22-25(26)23-18-17-21-24-19-14-13-15-20-24/h13-15,17,19-21,25H,2-12,16,18,22-23H2,1H3/b21-17+. The van der Waals surface area contributed by atoms with Gasteiger partial charge in [-0.3, -0.25) is 0 Å². The van der Waals surface area contributed by atoms with Crippen molar-refractivity contribution in [2.24, 2.45) is 0 Å². The van der Waals surface area contributed by atoms with E-state index in [9.17, 15) is 0 Å². The maximum absolute atomic E-state index is 2.65. The molecular weight excluding hydrogens is 427 g/mol. The maximum Gasteiger partial charge on any atom is 0.0113 e. The quantitative estimate of drug-likeness (QED) is 0.121. The predicted octanol–water partition coefficient (Wildman–Crippen LogP) is 9.37. The van der Waals surface area contributed by atoms with Crippen LogP contribution in [0.2, 0.25) is 0 Å². The first-order chi connectivity index (χ1) is 12.8. The molecule has 0 nitrogen and oxygen atoms in total. The second kappa shape index (κ2) is 18.1. The van der Waals surface area contributed by atoms with Gasteiger partial charge in [0, 0.05) is 3.92 Å².